The molecule has 0 radical (unpaired) electrons. The van der Waals surface area contributed by atoms with E-state index in [9.17, 15) is 4.79 Å². The monoisotopic (exact) mass is 275 g/mol. The Morgan fingerprint density at radius 3 is 2.90 bits per heavy atom. The first kappa shape index (κ1) is 14.0. The molecule has 0 aromatic carbocycles. The van der Waals surface area contributed by atoms with Crippen molar-refractivity contribution in [1.29, 1.82) is 0 Å². The van der Waals surface area contributed by atoms with Gasteiger partial charge < -0.3 is 14.6 Å². The Bertz CT molecular complexity index is 588. The minimum absolute atomic E-state index is 0.0739. The molecule has 0 aliphatic rings. The Labute approximate surface area is 117 Å². The van der Waals surface area contributed by atoms with Gasteiger partial charge in [0.2, 0.25) is 11.8 Å². The van der Waals surface area contributed by atoms with Gasteiger partial charge in [-0.1, -0.05) is 5.16 Å². The first-order valence-corrected chi connectivity index (χ1v) is 6.27. The molecule has 0 spiro atoms. The third kappa shape index (κ3) is 3.34. The van der Waals surface area contributed by atoms with Gasteiger partial charge in [0.25, 0.3) is 0 Å². The molecule has 2 aromatic heterocycles. The Morgan fingerprint density at radius 1 is 1.45 bits per heavy atom. The van der Waals surface area contributed by atoms with Crippen molar-refractivity contribution in [2.45, 2.75) is 26.8 Å². The third-order valence-electron chi connectivity index (χ3n) is 3.02. The fraction of sp³-hybridized carbons (Fsp3) is 0.357. The lowest BCUT2D eigenvalue weighted by atomic mass is 10.1. The van der Waals surface area contributed by atoms with Crippen molar-refractivity contribution >= 4 is 5.91 Å². The second-order valence-electron chi connectivity index (χ2n) is 4.46. The summed E-state index contributed by atoms with van der Waals surface area (Å²) in [6.07, 6.45) is 1.91. The molecule has 0 aliphatic heterocycles. The third-order valence-corrected chi connectivity index (χ3v) is 3.02. The van der Waals surface area contributed by atoms with Crippen molar-refractivity contribution in [2.75, 3.05) is 7.11 Å². The quantitative estimate of drug-likeness (QED) is 0.896. The van der Waals surface area contributed by atoms with Crippen molar-refractivity contribution in [3.05, 3.63) is 40.9 Å². The lowest BCUT2D eigenvalue weighted by molar-refractivity contribution is -0.120. The molecule has 1 N–H and O–H groups in total. The van der Waals surface area contributed by atoms with E-state index in [0.717, 1.165) is 16.8 Å². The molecule has 20 heavy (non-hydrogen) atoms. The Morgan fingerprint density at radius 2 is 2.25 bits per heavy atom. The average molecular weight is 275 g/mol. The average Bonchev–Trinajstić information content (AvgIpc) is 2.77. The largest absolute Gasteiger partial charge is 0.481 e. The number of amides is 1. The topological polar surface area (TPSA) is 77.2 Å². The maximum absolute atomic E-state index is 11.9. The van der Waals surface area contributed by atoms with E-state index in [4.69, 9.17) is 9.26 Å². The lowest BCUT2D eigenvalue weighted by Gasteiger charge is -2.06. The van der Waals surface area contributed by atoms with Crippen LogP contribution in [0.3, 0.4) is 0 Å². The van der Waals surface area contributed by atoms with Gasteiger partial charge in [-0.05, 0) is 25.5 Å². The molecule has 0 bridgehead atoms. The van der Waals surface area contributed by atoms with E-state index in [1.54, 1.807) is 26.3 Å². The number of carbonyl (C=O) groups excluding carboxylic acids is 1. The predicted molar refractivity (Wildman–Crippen MR) is 72.3 cm³/mol. The number of hydrogen-bond acceptors (Lipinski definition) is 5. The Hall–Kier alpha value is -2.37. The zero-order chi connectivity index (χ0) is 14.5. The van der Waals surface area contributed by atoms with Gasteiger partial charge in [0.15, 0.2) is 0 Å². The normalized spacial score (nSPS) is 10.3. The smallest absolute Gasteiger partial charge is 0.224 e. The molecule has 6 heteroatoms. The van der Waals surface area contributed by atoms with Crippen LogP contribution in [0.2, 0.25) is 0 Å². The molecule has 2 heterocycles. The highest BCUT2D eigenvalue weighted by molar-refractivity contribution is 5.78. The number of ether oxygens (including phenoxy) is 1. The summed E-state index contributed by atoms with van der Waals surface area (Å²) < 4.78 is 10.1. The number of aryl methyl sites for hydroxylation is 2. The van der Waals surface area contributed by atoms with Gasteiger partial charge in [0.05, 0.1) is 19.2 Å². The van der Waals surface area contributed by atoms with Crippen LogP contribution in [0.5, 0.6) is 5.88 Å². The summed E-state index contributed by atoms with van der Waals surface area (Å²) in [6, 6.07) is 3.62. The lowest BCUT2D eigenvalue weighted by Crippen LogP contribution is -2.25. The minimum Gasteiger partial charge on any atom is -0.481 e. The zero-order valence-corrected chi connectivity index (χ0v) is 11.8. The molecule has 1 amide bonds. The highest BCUT2D eigenvalue weighted by atomic mass is 16.5. The maximum Gasteiger partial charge on any atom is 0.224 e. The van der Waals surface area contributed by atoms with Gasteiger partial charge in [-0.3, -0.25) is 4.79 Å². The second-order valence-corrected chi connectivity index (χ2v) is 4.46. The molecule has 0 atom stereocenters. The number of methoxy groups -OCH3 is 1. The molecule has 0 saturated heterocycles. The number of rotatable bonds is 5. The van der Waals surface area contributed by atoms with E-state index in [1.165, 1.54) is 0 Å². The summed E-state index contributed by atoms with van der Waals surface area (Å²) in [5.41, 5.74) is 2.53. The van der Waals surface area contributed by atoms with Crippen molar-refractivity contribution in [3.63, 3.8) is 0 Å². The van der Waals surface area contributed by atoms with Crippen LogP contribution in [0.4, 0.5) is 0 Å². The van der Waals surface area contributed by atoms with Crippen LogP contribution in [0, 0.1) is 13.8 Å². The van der Waals surface area contributed by atoms with Gasteiger partial charge in [0, 0.05) is 24.4 Å². The summed E-state index contributed by atoms with van der Waals surface area (Å²) in [5.74, 6) is 1.14. The Balaban J connectivity index is 1.92. The van der Waals surface area contributed by atoms with Crippen molar-refractivity contribution in [3.8, 4) is 5.88 Å². The number of carbonyl (C=O) groups is 1. The molecule has 0 saturated carbocycles. The molecule has 0 aliphatic carbocycles. The van der Waals surface area contributed by atoms with Crippen LogP contribution in [-0.4, -0.2) is 23.2 Å². The highest BCUT2D eigenvalue weighted by Gasteiger charge is 2.13. The van der Waals surface area contributed by atoms with Crippen molar-refractivity contribution in [1.82, 2.24) is 15.5 Å². The van der Waals surface area contributed by atoms with Gasteiger partial charge in [0.1, 0.15) is 5.76 Å². The fourth-order valence-electron chi connectivity index (χ4n) is 1.85. The summed E-state index contributed by atoms with van der Waals surface area (Å²) >= 11 is 0. The van der Waals surface area contributed by atoms with E-state index in [1.807, 2.05) is 13.0 Å². The highest BCUT2D eigenvalue weighted by Crippen LogP contribution is 2.13. The summed E-state index contributed by atoms with van der Waals surface area (Å²) in [7, 11) is 1.56. The first-order chi connectivity index (χ1) is 9.60. The molecule has 2 rings (SSSR count). The van der Waals surface area contributed by atoms with Crippen LogP contribution in [0.25, 0.3) is 0 Å². The molecular formula is C14H17N3O3. The van der Waals surface area contributed by atoms with Gasteiger partial charge in [-0.25, -0.2) is 4.98 Å². The summed E-state index contributed by atoms with van der Waals surface area (Å²) in [6.45, 7) is 4.06. The van der Waals surface area contributed by atoms with E-state index < -0.39 is 0 Å². The second kappa shape index (κ2) is 6.18. The molecule has 106 valence electrons. The SMILES string of the molecule is COc1cc(CNC(=O)Cc2c(C)noc2C)ccn1. The van der Waals surface area contributed by atoms with Crippen LogP contribution >= 0.6 is 0 Å². The number of nitrogens with zero attached hydrogens (tertiary/aromatic N) is 2. The van der Waals surface area contributed by atoms with Crippen LogP contribution in [0.15, 0.2) is 22.9 Å². The van der Waals surface area contributed by atoms with Gasteiger partial charge in [-0.15, -0.1) is 0 Å². The van der Waals surface area contributed by atoms with E-state index in [2.05, 4.69) is 15.5 Å². The van der Waals surface area contributed by atoms with Crippen molar-refractivity contribution < 1.29 is 14.1 Å². The molecule has 0 unspecified atom stereocenters. The summed E-state index contributed by atoms with van der Waals surface area (Å²) in [5, 5.41) is 6.68. The number of aromatic nitrogens is 2. The standard InChI is InChI=1S/C14H17N3O3/c1-9-12(10(2)20-17-9)7-13(18)16-8-11-4-5-15-14(6-11)19-3/h4-6H,7-8H2,1-3H3,(H,16,18). The number of pyridine rings is 1. The van der Waals surface area contributed by atoms with Gasteiger partial charge in [-0.2, -0.15) is 0 Å². The minimum atomic E-state index is -0.0739. The predicted octanol–water partition coefficient (Wildman–Crippen LogP) is 1.55. The zero-order valence-electron chi connectivity index (χ0n) is 11.8. The van der Waals surface area contributed by atoms with Crippen LogP contribution in [-0.2, 0) is 17.8 Å². The first-order valence-electron chi connectivity index (χ1n) is 6.27. The van der Waals surface area contributed by atoms with Crippen LogP contribution in [0.1, 0.15) is 22.6 Å². The van der Waals surface area contributed by atoms with Crippen LogP contribution < -0.4 is 10.1 Å². The van der Waals surface area contributed by atoms with Crippen molar-refractivity contribution in [2.24, 2.45) is 0 Å². The maximum atomic E-state index is 11.9. The molecule has 2 aromatic rings. The van der Waals surface area contributed by atoms with E-state index in [-0.39, 0.29) is 12.3 Å². The van der Waals surface area contributed by atoms with E-state index in [0.29, 0.717) is 18.2 Å². The summed E-state index contributed by atoms with van der Waals surface area (Å²) in [4.78, 5) is 15.9. The van der Waals surface area contributed by atoms with E-state index >= 15 is 0 Å². The Kier molecular flexibility index (Phi) is 4.34. The number of hydrogen-bond donors (Lipinski definition) is 1. The van der Waals surface area contributed by atoms with Gasteiger partial charge >= 0.3 is 0 Å². The molecular weight excluding hydrogens is 258 g/mol. The molecule has 0 fully saturated rings. The fourth-order valence-corrected chi connectivity index (χ4v) is 1.85. The number of nitrogens with one attached hydrogen (secondary N) is 1. The molecule has 6 nitrogen and oxygen atoms in total.